The lowest BCUT2D eigenvalue weighted by atomic mass is 10.1. The van der Waals surface area contributed by atoms with Gasteiger partial charge in [-0.3, -0.25) is 0 Å². The molecular formula is C16H17F2NO2. The predicted octanol–water partition coefficient (Wildman–Crippen LogP) is 4.16. The topological polar surface area (TPSA) is 30.5 Å². The third-order valence-electron chi connectivity index (χ3n) is 3.15. The molecule has 0 fully saturated rings. The first kappa shape index (κ1) is 15.1. The Balaban J connectivity index is 2.28. The van der Waals surface area contributed by atoms with E-state index in [-0.39, 0.29) is 6.04 Å². The molecule has 0 aromatic heterocycles. The lowest BCUT2D eigenvalue weighted by Gasteiger charge is -2.19. The molecule has 0 spiro atoms. The molecule has 0 saturated carbocycles. The van der Waals surface area contributed by atoms with E-state index in [2.05, 4.69) is 5.32 Å². The molecule has 5 heteroatoms. The zero-order chi connectivity index (χ0) is 15.4. The van der Waals surface area contributed by atoms with Crippen molar-refractivity contribution in [3.63, 3.8) is 0 Å². The van der Waals surface area contributed by atoms with Crippen molar-refractivity contribution in [3.8, 4) is 11.5 Å². The second kappa shape index (κ2) is 6.43. The van der Waals surface area contributed by atoms with Crippen molar-refractivity contribution in [2.45, 2.75) is 13.0 Å². The molecule has 3 nitrogen and oxygen atoms in total. The zero-order valence-electron chi connectivity index (χ0n) is 12.1. The normalized spacial score (nSPS) is 11.9. The predicted molar refractivity (Wildman–Crippen MR) is 77.9 cm³/mol. The minimum absolute atomic E-state index is 0.212. The molecule has 0 heterocycles. The van der Waals surface area contributed by atoms with E-state index in [0.29, 0.717) is 17.2 Å². The van der Waals surface area contributed by atoms with Crippen molar-refractivity contribution in [1.29, 1.82) is 0 Å². The Morgan fingerprint density at radius 3 is 2.19 bits per heavy atom. The Bertz CT molecular complexity index is 611. The first-order valence-electron chi connectivity index (χ1n) is 6.48. The Morgan fingerprint density at radius 1 is 0.952 bits per heavy atom. The third kappa shape index (κ3) is 3.62. The van der Waals surface area contributed by atoms with Gasteiger partial charge in [-0.1, -0.05) is 0 Å². The summed E-state index contributed by atoms with van der Waals surface area (Å²) in [5.74, 6) is 0.113. The average Bonchev–Trinajstić information content (AvgIpc) is 2.45. The van der Waals surface area contributed by atoms with E-state index >= 15 is 0 Å². The van der Waals surface area contributed by atoms with Crippen molar-refractivity contribution in [3.05, 3.63) is 53.6 Å². The van der Waals surface area contributed by atoms with E-state index in [1.54, 1.807) is 26.4 Å². The summed E-state index contributed by atoms with van der Waals surface area (Å²) in [4.78, 5) is 0. The van der Waals surface area contributed by atoms with Gasteiger partial charge in [-0.2, -0.15) is 0 Å². The molecule has 0 saturated heterocycles. The zero-order valence-corrected chi connectivity index (χ0v) is 12.1. The van der Waals surface area contributed by atoms with Gasteiger partial charge in [-0.25, -0.2) is 8.78 Å². The molecular weight excluding hydrogens is 276 g/mol. The minimum atomic E-state index is -0.623. The molecule has 2 aromatic carbocycles. The van der Waals surface area contributed by atoms with Gasteiger partial charge < -0.3 is 14.8 Å². The molecule has 1 unspecified atom stereocenters. The fraction of sp³-hybridized carbons (Fsp3) is 0.250. The molecule has 2 aromatic rings. The van der Waals surface area contributed by atoms with Gasteiger partial charge in [0.05, 0.1) is 20.3 Å². The van der Waals surface area contributed by atoms with Crippen LogP contribution in [-0.4, -0.2) is 14.2 Å². The van der Waals surface area contributed by atoms with E-state index < -0.39 is 11.6 Å². The largest absolute Gasteiger partial charge is 0.497 e. The van der Waals surface area contributed by atoms with Gasteiger partial charge in [0.15, 0.2) is 0 Å². The van der Waals surface area contributed by atoms with Crippen molar-refractivity contribution in [1.82, 2.24) is 0 Å². The van der Waals surface area contributed by atoms with Crippen LogP contribution < -0.4 is 14.8 Å². The molecule has 21 heavy (non-hydrogen) atoms. The highest BCUT2D eigenvalue weighted by Crippen LogP contribution is 2.31. The van der Waals surface area contributed by atoms with Crippen molar-refractivity contribution in [2.75, 3.05) is 19.5 Å². The van der Waals surface area contributed by atoms with Crippen molar-refractivity contribution in [2.24, 2.45) is 0 Å². The van der Waals surface area contributed by atoms with E-state index in [1.165, 1.54) is 12.1 Å². The van der Waals surface area contributed by atoms with Gasteiger partial charge in [-0.15, -0.1) is 0 Å². The summed E-state index contributed by atoms with van der Waals surface area (Å²) in [5.41, 5.74) is 1.20. The first-order chi connectivity index (χ1) is 10.0. The fourth-order valence-electron chi connectivity index (χ4n) is 2.14. The van der Waals surface area contributed by atoms with Crippen LogP contribution in [0.25, 0.3) is 0 Å². The molecule has 112 valence electrons. The van der Waals surface area contributed by atoms with Crippen LogP contribution in [0.2, 0.25) is 0 Å². The van der Waals surface area contributed by atoms with Gasteiger partial charge in [0.25, 0.3) is 0 Å². The standard InChI is InChI=1S/C16H17F2NO2/c1-10(19-13-7-11(17)6-12(18)8-13)15-9-14(20-2)4-5-16(15)21-3/h4-10,19H,1-3H3. The number of anilines is 1. The summed E-state index contributed by atoms with van der Waals surface area (Å²) in [6.45, 7) is 1.88. The highest BCUT2D eigenvalue weighted by molar-refractivity contribution is 5.49. The lowest BCUT2D eigenvalue weighted by Crippen LogP contribution is -2.09. The molecule has 0 radical (unpaired) electrons. The van der Waals surface area contributed by atoms with Gasteiger partial charge in [0.2, 0.25) is 0 Å². The fourth-order valence-corrected chi connectivity index (χ4v) is 2.14. The SMILES string of the molecule is COc1ccc(OC)c(C(C)Nc2cc(F)cc(F)c2)c1. The number of hydrogen-bond acceptors (Lipinski definition) is 3. The maximum Gasteiger partial charge on any atom is 0.128 e. The quantitative estimate of drug-likeness (QED) is 0.898. The maximum atomic E-state index is 13.2. The summed E-state index contributed by atoms with van der Waals surface area (Å²) in [7, 11) is 3.14. The first-order valence-corrected chi connectivity index (χ1v) is 6.48. The average molecular weight is 293 g/mol. The number of rotatable bonds is 5. The van der Waals surface area contributed by atoms with Gasteiger partial charge in [-0.05, 0) is 37.3 Å². The van der Waals surface area contributed by atoms with Crippen molar-refractivity contribution < 1.29 is 18.3 Å². The Labute approximate surface area is 122 Å². The second-order valence-corrected chi connectivity index (χ2v) is 4.63. The minimum Gasteiger partial charge on any atom is -0.497 e. The van der Waals surface area contributed by atoms with Gasteiger partial charge in [0.1, 0.15) is 23.1 Å². The highest BCUT2D eigenvalue weighted by Gasteiger charge is 2.13. The van der Waals surface area contributed by atoms with E-state index in [9.17, 15) is 8.78 Å². The molecule has 1 atom stereocenters. The number of methoxy groups -OCH3 is 2. The monoisotopic (exact) mass is 293 g/mol. The molecule has 1 N–H and O–H groups in total. The molecule has 0 aliphatic carbocycles. The van der Waals surface area contributed by atoms with Crippen molar-refractivity contribution >= 4 is 5.69 Å². The second-order valence-electron chi connectivity index (χ2n) is 4.63. The van der Waals surface area contributed by atoms with Crippen LogP contribution in [-0.2, 0) is 0 Å². The number of ether oxygens (including phenoxy) is 2. The summed E-state index contributed by atoms with van der Waals surface area (Å²) in [6.07, 6.45) is 0. The maximum absolute atomic E-state index is 13.2. The molecule has 0 bridgehead atoms. The molecule has 0 amide bonds. The highest BCUT2D eigenvalue weighted by atomic mass is 19.1. The molecule has 2 rings (SSSR count). The van der Waals surface area contributed by atoms with Crippen LogP contribution >= 0.6 is 0 Å². The van der Waals surface area contributed by atoms with Gasteiger partial charge >= 0.3 is 0 Å². The third-order valence-corrected chi connectivity index (χ3v) is 3.15. The Hall–Kier alpha value is -2.30. The van der Waals surface area contributed by atoms with E-state index in [1.807, 2.05) is 13.0 Å². The summed E-state index contributed by atoms with van der Waals surface area (Å²) < 4.78 is 36.9. The summed E-state index contributed by atoms with van der Waals surface area (Å²) >= 11 is 0. The van der Waals surface area contributed by atoms with Crippen LogP contribution in [0.1, 0.15) is 18.5 Å². The van der Waals surface area contributed by atoms with Crippen LogP contribution in [0.15, 0.2) is 36.4 Å². The van der Waals surface area contributed by atoms with Crippen LogP contribution in [0.5, 0.6) is 11.5 Å². The molecule has 0 aliphatic heterocycles. The summed E-state index contributed by atoms with van der Waals surface area (Å²) in [6, 6.07) is 8.51. The Kier molecular flexibility index (Phi) is 4.62. The van der Waals surface area contributed by atoms with E-state index in [4.69, 9.17) is 9.47 Å². The van der Waals surface area contributed by atoms with Gasteiger partial charge in [0, 0.05) is 17.3 Å². The van der Waals surface area contributed by atoms with Crippen LogP contribution in [0.4, 0.5) is 14.5 Å². The smallest absolute Gasteiger partial charge is 0.128 e. The number of halogens is 2. The van der Waals surface area contributed by atoms with Crippen LogP contribution in [0.3, 0.4) is 0 Å². The van der Waals surface area contributed by atoms with E-state index in [0.717, 1.165) is 11.6 Å². The number of benzene rings is 2. The number of nitrogens with one attached hydrogen (secondary N) is 1. The number of hydrogen-bond donors (Lipinski definition) is 1. The molecule has 0 aliphatic rings. The summed E-state index contributed by atoms with van der Waals surface area (Å²) in [5, 5.41) is 3.05. The van der Waals surface area contributed by atoms with Crippen LogP contribution in [0, 0.1) is 11.6 Å². The lowest BCUT2D eigenvalue weighted by molar-refractivity contribution is 0.397. The Morgan fingerprint density at radius 2 is 1.62 bits per heavy atom.